The van der Waals surface area contributed by atoms with Crippen molar-refractivity contribution in [1.29, 1.82) is 0 Å². The summed E-state index contributed by atoms with van der Waals surface area (Å²) in [7, 11) is 0. The van der Waals surface area contributed by atoms with Crippen molar-refractivity contribution in [3.63, 3.8) is 0 Å². The van der Waals surface area contributed by atoms with Gasteiger partial charge < -0.3 is 14.2 Å². The van der Waals surface area contributed by atoms with E-state index in [0.717, 1.165) is 30.4 Å². The fourth-order valence-electron chi connectivity index (χ4n) is 3.64. The molecule has 1 saturated heterocycles. The van der Waals surface area contributed by atoms with Crippen LogP contribution in [0, 0.1) is 6.92 Å². The van der Waals surface area contributed by atoms with Crippen molar-refractivity contribution in [3.05, 3.63) is 64.1 Å². The highest BCUT2D eigenvalue weighted by atomic mass is 32.2. The molecule has 1 amide bonds. The standard InChI is InChI=1S/C28H33NO5S2/c1-4-32-24-17-22(14-15-23(24)34-19-21-12-10-20(3)11-13-21)18-25-27(31)29(28(35)36-25)16-8-6-7-9-26(30)33-5-2/h10-15,17-18H,4-9,16,19H2,1-3H3/b25-18-. The van der Waals surface area contributed by atoms with Crippen LogP contribution in [-0.2, 0) is 20.9 Å². The Morgan fingerprint density at radius 1 is 1.00 bits per heavy atom. The van der Waals surface area contributed by atoms with Crippen molar-refractivity contribution in [1.82, 2.24) is 4.90 Å². The zero-order chi connectivity index (χ0) is 25.9. The molecule has 1 heterocycles. The highest BCUT2D eigenvalue weighted by Gasteiger charge is 2.31. The van der Waals surface area contributed by atoms with Gasteiger partial charge >= 0.3 is 5.97 Å². The monoisotopic (exact) mass is 527 g/mol. The van der Waals surface area contributed by atoms with Gasteiger partial charge in [0.15, 0.2) is 11.5 Å². The number of rotatable bonds is 13. The maximum Gasteiger partial charge on any atom is 0.305 e. The molecule has 192 valence electrons. The van der Waals surface area contributed by atoms with Crippen molar-refractivity contribution < 1.29 is 23.8 Å². The number of thiocarbonyl (C=S) groups is 1. The van der Waals surface area contributed by atoms with Gasteiger partial charge in [0.05, 0.1) is 18.1 Å². The molecule has 0 spiro atoms. The number of nitrogens with zero attached hydrogens (tertiary/aromatic N) is 1. The van der Waals surface area contributed by atoms with Gasteiger partial charge in [0.1, 0.15) is 10.9 Å². The third-order valence-electron chi connectivity index (χ3n) is 5.52. The van der Waals surface area contributed by atoms with E-state index < -0.39 is 0 Å². The normalized spacial score (nSPS) is 14.4. The lowest BCUT2D eigenvalue weighted by atomic mass is 10.1. The number of esters is 1. The van der Waals surface area contributed by atoms with Crippen LogP contribution in [0.4, 0.5) is 0 Å². The zero-order valence-electron chi connectivity index (χ0n) is 21.1. The van der Waals surface area contributed by atoms with E-state index in [1.807, 2.05) is 43.3 Å². The van der Waals surface area contributed by atoms with E-state index >= 15 is 0 Å². The summed E-state index contributed by atoms with van der Waals surface area (Å²) in [6.45, 7) is 7.67. The Morgan fingerprint density at radius 2 is 1.78 bits per heavy atom. The summed E-state index contributed by atoms with van der Waals surface area (Å²) >= 11 is 6.76. The summed E-state index contributed by atoms with van der Waals surface area (Å²) in [6, 6.07) is 13.9. The molecule has 0 saturated carbocycles. The minimum Gasteiger partial charge on any atom is -0.490 e. The smallest absolute Gasteiger partial charge is 0.305 e. The fourth-order valence-corrected chi connectivity index (χ4v) is 4.95. The minimum atomic E-state index is -0.177. The molecule has 1 fully saturated rings. The number of amides is 1. The van der Waals surface area contributed by atoms with E-state index in [9.17, 15) is 9.59 Å². The summed E-state index contributed by atoms with van der Waals surface area (Å²) < 4.78 is 17.3. The summed E-state index contributed by atoms with van der Waals surface area (Å²) in [6.07, 6.45) is 4.59. The second kappa shape index (κ2) is 14.0. The van der Waals surface area contributed by atoms with Crippen LogP contribution in [0.1, 0.15) is 56.2 Å². The Bertz CT molecular complexity index is 1100. The van der Waals surface area contributed by atoms with Gasteiger partial charge in [0, 0.05) is 13.0 Å². The van der Waals surface area contributed by atoms with Crippen LogP contribution in [0.2, 0.25) is 0 Å². The maximum absolute atomic E-state index is 13.0. The first-order chi connectivity index (χ1) is 17.4. The minimum absolute atomic E-state index is 0.0898. The van der Waals surface area contributed by atoms with Crippen LogP contribution in [0.15, 0.2) is 47.4 Å². The highest BCUT2D eigenvalue weighted by Crippen LogP contribution is 2.35. The number of hydrogen-bond donors (Lipinski definition) is 0. The summed E-state index contributed by atoms with van der Waals surface area (Å²) in [5, 5.41) is 0. The number of carbonyl (C=O) groups is 2. The van der Waals surface area contributed by atoms with Gasteiger partial charge in [-0.2, -0.15) is 0 Å². The Hall–Kier alpha value is -2.84. The fraction of sp³-hybridized carbons (Fsp3) is 0.393. The van der Waals surface area contributed by atoms with Crippen molar-refractivity contribution in [2.75, 3.05) is 19.8 Å². The second-order valence-corrected chi connectivity index (χ2v) is 10.0. The average molecular weight is 528 g/mol. The maximum atomic E-state index is 13.0. The summed E-state index contributed by atoms with van der Waals surface area (Å²) in [5.74, 6) is 1.03. The molecule has 6 nitrogen and oxygen atoms in total. The summed E-state index contributed by atoms with van der Waals surface area (Å²) in [4.78, 5) is 26.6. The lowest BCUT2D eigenvalue weighted by Gasteiger charge is -2.14. The van der Waals surface area contributed by atoms with E-state index in [0.29, 0.717) is 53.5 Å². The van der Waals surface area contributed by atoms with E-state index in [2.05, 4.69) is 19.1 Å². The number of ether oxygens (including phenoxy) is 3. The first kappa shape index (κ1) is 27.7. The van der Waals surface area contributed by atoms with E-state index in [1.54, 1.807) is 11.8 Å². The number of aryl methyl sites for hydroxylation is 1. The molecule has 0 N–H and O–H groups in total. The molecule has 0 bridgehead atoms. The van der Waals surface area contributed by atoms with Gasteiger partial charge in [-0.05, 0) is 62.9 Å². The Kier molecular flexibility index (Phi) is 10.8. The quantitative estimate of drug-likeness (QED) is 0.131. The number of benzene rings is 2. The lowest BCUT2D eigenvalue weighted by molar-refractivity contribution is -0.143. The van der Waals surface area contributed by atoms with Gasteiger partial charge in [0.25, 0.3) is 5.91 Å². The topological polar surface area (TPSA) is 65.1 Å². The van der Waals surface area contributed by atoms with Gasteiger partial charge in [-0.15, -0.1) is 0 Å². The lowest BCUT2D eigenvalue weighted by Crippen LogP contribution is -2.29. The van der Waals surface area contributed by atoms with Crippen LogP contribution in [0.3, 0.4) is 0 Å². The second-order valence-electron chi connectivity index (χ2n) is 8.36. The molecule has 0 unspecified atom stereocenters. The largest absolute Gasteiger partial charge is 0.490 e. The first-order valence-electron chi connectivity index (χ1n) is 12.3. The van der Waals surface area contributed by atoms with Crippen LogP contribution in [-0.4, -0.2) is 40.9 Å². The van der Waals surface area contributed by atoms with E-state index in [-0.39, 0.29) is 11.9 Å². The number of thioether (sulfide) groups is 1. The van der Waals surface area contributed by atoms with Gasteiger partial charge in [-0.3, -0.25) is 14.5 Å². The van der Waals surface area contributed by atoms with Gasteiger partial charge in [-0.1, -0.05) is 66.3 Å². The molecule has 1 aliphatic rings. The summed E-state index contributed by atoms with van der Waals surface area (Å²) in [5.41, 5.74) is 3.13. The molecule has 0 radical (unpaired) electrons. The SMILES string of the molecule is CCOC(=O)CCCCCN1C(=O)/C(=C/c2ccc(OCc3ccc(C)cc3)c(OCC)c2)SC1=S. The molecule has 0 aromatic heterocycles. The molecule has 0 atom stereocenters. The Balaban J connectivity index is 1.60. The zero-order valence-corrected chi connectivity index (χ0v) is 22.7. The molecule has 2 aromatic carbocycles. The average Bonchev–Trinajstić information content (AvgIpc) is 3.12. The number of unbranched alkanes of at least 4 members (excludes halogenated alkanes) is 2. The van der Waals surface area contributed by atoms with Crippen molar-refractivity contribution >= 4 is 46.3 Å². The predicted octanol–water partition coefficient (Wildman–Crippen LogP) is 6.30. The Morgan fingerprint density at radius 3 is 2.50 bits per heavy atom. The molecule has 36 heavy (non-hydrogen) atoms. The van der Waals surface area contributed by atoms with Crippen molar-refractivity contribution in [3.8, 4) is 11.5 Å². The molecular weight excluding hydrogens is 494 g/mol. The highest BCUT2D eigenvalue weighted by molar-refractivity contribution is 8.26. The predicted molar refractivity (Wildman–Crippen MR) is 148 cm³/mol. The van der Waals surface area contributed by atoms with Gasteiger partial charge in [0.2, 0.25) is 0 Å². The third-order valence-corrected chi connectivity index (χ3v) is 6.90. The number of hydrogen-bond acceptors (Lipinski definition) is 7. The molecule has 3 rings (SSSR count). The van der Waals surface area contributed by atoms with E-state index in [4.69, 9.17) is 26.4 Å². The van der Waals surface area contributed by atoms with Crippen LogP contribution in [0.5, 0.6) is 11.5 Å². The van der Waals surface area contributed by atoms with Crippen LogP contribution >= 0.6 is 24.0 Å². The van der Waals surface area contributed by atoms with Crippen molar-refractivity contribution in [2.45, 2.75) is 53.1 Å². The first-order valence-corrected chi connectivity index (χ1v) is 13.5. The molecule has 2 aromatic rings. The Labute approximate surface area is 223 Å². The van der Waals surface area contributed by atoms with Crippen molar-refractivity contribution in [2.24, 2.45) is 0 Å². The molecular formula is C28H33NO5S2. The van der Waals surface area contributed by atoms with Crippen LogP contribution < -0.4 is 9.47 Å². The number of carbonyl (C=O) groups excluding carboxylic acids is 2. The molecule has 1 aliphatic heterocycles. The van der Waals surface area contributed by atoms with Gasteiger partial charge in [-0.25, -0.2) is 0 Å². The third kappa shape index (κ3) is 8.10. The molecule has 8 heteroatoms. The van der Waals surface area contributed by atoms with E-state index in [1.165, 1.54) is 17.3 Å². The molecule has 0 aliphatic carbocycles. The van der Waals surface area contributed by atoms with Crippen LogP contribution in [0.25, 0.3) is 6.08 Å².